The first-order valence-electron chi connectivity index (χ1n) is 2.06. The molecule has 0 amide bonds. The Morgan fingerprint density at radius 1 is 1.50 bits per heavy atom. The number of methoxy groups -OCH3 is 1. The van der Waals surface area contributed by atoms with Crippen LogP contribution in [0.1, 0.15) is 13.8 Å². The van der Waals surface area contributed by atoms with Gasteiger partial charge in [-0.05, 0) is 5.92 Å². The molecule has 36 valence electrons. The fraction of sp³-hybridized carbons (Fsp3) is 0.800. The Balaban J connectivity index is 2.63. The molecule has 0 atom stereocenters. The van der Waals surface area contributed by atoms with E-state index in [1.165, 1.54) is 0 Å². The molecule has 0 saturated carbocycles. The highest BCUT2D eigenvalue weighted by Crippen LogP contribution is 1.94. The van der Waals surface area contributed by atoms with Crippen LogP contribution in [0.4, 0.5) is 0 Å². The Kier molecular flexibility index (Phi) is 3.14. The van der Waals surface area contributed by atoms with Crippen molar-refractivity contribution in [3.8, 4) is 0 Å². The van der Waals surface area contributed by atoms with Gasteiger partial charge in [0.1, 0.15) is 6.61 Å². The first kappa shape index (κ1) is 5.96. The summed E-state index contributed by atoms with van der Waals surface area (Å²) in [5.41, 5.74) is 0. The summed E-state index contributed by atoms with van der Waals surface area (Å²) < 4.78 is 4.55. The second kappa shape index (κ2) is 3.16. The molecule has 0 aromatic carbocycles. The molecule has 0 N–H and O–H groups in total. The third-order valence-electron chi connectivity index (χ3n) is 0.354. The summed E-state index contributed by atoms with van der Waals surface area (Å²) in [6, 6.07) is 0. The van der Waals surface area contributed by atoms with E-state index >= 15 is 0 Å². The maximum Gasteiger partial charge on any atom is 0.134 e. The second-order valence-electron chi connectivity index (χ2n) is 1.48. The average molecular weight is 86.1 g/mol. The summed E-state index contributed by atoms with van der Waals surface area (Å²) in [5.74, 6) is 0.426. The Hall–Kier alpha value is -0.0400. The molecule has 0 heterocycles. The van der Waals surface area contributed by atoms with Gasteiger partial charge in [-0.3, -0.25) is 0 Å². The van der Waals surface area contributed by atoms with E-state index in [1.807, 2.05) is 13.8 Å². The molecule has 1 heteroatoms. The first-order valence-corrected chi connectivity index (χ1v) is 2.06. The van der Waals surface area contributed by atoms with Crippen LogP contribution < -0.4 is 0 Å². The lowest BCUT2D eigenvalue weighted by molar-refractivity contribution is 0.241. The molecule has 0 aliphatic heterocycles. The monoisotopic (exact) mass is 86.1 g/mol. The van der Waals surface area contributed by atoms with Crippen LogP contribution in [-0.4, -0.2) is 7.11 Å². The maximum absolute atomic E-state index is 4.55. The van der Waals surface area contributed by atoms with Gasteiger partial charge in [0.05, 0.1) is 0 Å². The van der Waals surface area contributed by atoms with E-state index in [9.17, 15) is 0 Å². The zero-order valence-electron chi connectivity index (χ0n) is 4.49. The molecular weight excluding hydrogens is 76.1 g/mol. The van der Waals surface area contributed by atoms with Crippen molar-refractivity contribution in [1.82, 2.24) is 0 Å². The van der Waals surface area contributed by atoms with Crippen molar-refractivity contribution in [2.45, 2.75) is 13.8 Å². The average Bonchev–Trinajstić information content (AvgIpc) is 1.35. The number of rotatable bonds is 2. The molecular formula is C5H10O. The van der Waals surface area contributed by atoms with Gasteiger partial charge < -0.3 is 4.74 Å². The van der Waals surface area contributed by atoms with Crippen molar-refractivity contribution < 1.29 is 4.74 Å². The van der Waals surface area contributed by atoms with Gasteiger partial charge in [0.25, 0.3) is 0 Å². The first-order chi connectivity index (χ1) is 2.77. The summed E-state index contributed by atoms with van der Waals surface area (Å²) in [6.45, 7) is 6.74. The minimum Gasteiger partial charge on any atom is -0.372 e. The SMILES string of the molecule is CO[C]C(C)C. The molecule has 0 aromatic rings. The third kappa shape index (κ3) is 3.96. The Bertz CT molecular complexity index is 25.1. The molecule has 0 fully saturated rings. The van der Waals surface area contributed by atoms with Crippen LogP contribution in [0.25, 0.3) is 0 Å². The fourth-order valence-corrected chi connectivity index (χ4v) is 0.236. The van der Waals surface area contributed by atoms with Crippen LogP contribution in [0.3, 0.4) is 0 Å². The lowest BCUT2D eigenvalue weighted by atomic mass is 10.2. The highest BCUT2D eigenvalue weighted by Gasteiger charge is 1.88. The van der Waals surface area contributed by atoms with E-state index in [0.717, 1.165) is 0 Å². The highest BCUT2D eigenvalue weighted by molar-refractivity contribution is 4.52. The highest BCUT2D eigenvalue weighted by atomic mass is 16.5. The van der Waals surface area contributed by atoms with E-state index in [-0.39, 0.29) is 0 Å². The van der Waals surface area contributed by atoms with Crippen LogP contribution in [0.15, 0.2) is 0 Å². The summed E-state index contributed by atoms with van der Waals surface area (Å²) >= 11 is 0. The summed E-state index contributed by atoms with van der Waals surface area (Å²) in [4.78, 5) is 0. The standard InChI is InChI=1S/C5H10O/c1-5(2)4-6-3/h5H,1-3H3. The molecule has 0 rings (SSSR count). The van der Waals surface area contributed by atoms with Crippen molar-refractivity contribution in [2.24, 2.45) is 5.92 Å². The Morgan fingerprint density at radius 3 is 2.00 bits per heavy atom. The van der Waals surface area contributed by atoms with E-state index < -0.39 is 0 Å². The summed E-state index contributed by atoms with van der Waals surface area (Å²) in [7, 11) is 1.61. The minimum atomic E-state index is 0.426. The van der Waals surface area contributed by atoms with Crippen molar-refractivity contribution in [1.29, 1.82) is 0 Å². The van der Waals surface area contributed by atoms with Gasteiger partial charge in [0, 0.05) is 7.11 Å². The quantitative estimate of drug-likeness (QED) is 0.492. The van der Waals surface area contributed by atoms with Crippen LogP contribution in [0.5, 0.6) is 0 Å². The molecule has 2 radical (unpaired) electrons. The van der Waals surface area contributed by atoms with Gasteiger partial charge in [-0.25, -0.2) is 0 Å². The molecule has 0 saturated heterocycles. The van der Waals surface area contributed by atoms with Crippen molar-refractivity contribution in [3.63, 3.8) is 0 Å². The van der Waals surface area contributed by atoms with Gasteiger partial charge in [-0.15, -0.1) is 0 Å². The topological polar surface area (TPSA) is 9.23 Å². The third-order valence-corrected chi connectivity index (χ3v) is 0.354. The van der Waals surface area contributed by atoms with E-state index in [4.69, 9.17) is 0 Å². The lowest BCUT2D eigenvalue weighted by Crippen LogP contribution is -1.87. The van der Waals surface area contributed by atoms with Gasteiger partial charge in [0.15, 0.2) is 0 Å². The number of hydrogen-bond acceptors (Lipinski definition) is 1. The van der Waals surface area contributed by atoms with Crippen LogP contribution in [-0.2, 0) is 4.74 Å². The zero-order chi connectivity index (χ0) is 4.99. The number of hydrogen-bond donors (Lipinski definition) is 0. The Labute approximate surface area is 39.3 Å². The van der Waals surface area contributed by atoms with Gasteiger partial charge in [0.2, 0.25) is 0 Å². The van der Waals surface area contributed by atoms with Crippen molar-refractivity contribution in [3.05, 3.63) is 6.61 Å². The van der Waals surface area contributed by atoms with Gasteiger partial charge in [-0.2, -0.15) is 0 Å². The van der Waals surface area contributed by atoms with Crippen molar-refractivity contribution in [2.75, 3.05) is 7.11 Å². The maximum atomic E-state index is 4.55. The normalized spacial score (nSPS) is 10.0. The number of ether oxygens (including phenoxy) is 1. The van der Waals surface area contributed by atoms with Crippen molar-refractivity contribution >= 4 is 0 Å². The molecule has 0 spiro atoms. The largest absolute Gasteiger partial charge is 0.372 e. The molecule has 6 heavy (non-hydrogen) atoms. The van der Waals surface area contributed by atoms with Crippen LogP contribution in [0.2, 0.25) is 0 Å². The molecule has 0 aliphatic carbocycles. The summed E-state index contributed by atoms with van der Waals surface area (Å²) in [6.07, 6.45) is 0. The molecule has 0 unspecified atom stereocenters. The summed E-state index contributed by atoms with van der Waals surface area (Å²) in [5, 5.41) is 0. The predicted octanol–water partition coefficient (Wildman–Crippen LogP) is 1.33. The lowest BCUT2D eigenvalue weighted by Gasteiger charge is -1.94. The molecule has 1 nitrogen and oxygen atoms in total. The predicted molar refractivity (Wildman–Crippen MR) is 25.1 cm³/mol. The van der Waals surface area contributed by atoms with Gasteiger partial charge >= 0.3 is 0 Å². The minimum absolute atomic E-state index is 0.426. The fourth-order valence-electron chi connectivity index (χ4n) is 0.236. The molecule has 0 aliphatic rings. The zero-order valence-corrected chi connectivity index (χ0v) is 4.49. The van der Waals surface area contributed by atoms with E-state index in [2.05, 4.69) is 11.3 Å². The van der Waals surface area contributed by atoms with Gasteiger partial charge in [-0.1, -0.05) is 13.8 Å². The smallest absolute Gasteiger partial charge is 0.134 e. The Morgan fingerprint density at radius 2 is 2.00 bits per heavy atom. The van der Waals surface area contributed by atoms with Crippen LogP contribution >= 0.6 is 0 Å². The van der Waals surface area contributed by atoms with E-state index in [1.54, 1.807) is 7.11 Å². The molecule has 0 bridgehead atoms. The van der Waals surface area contributed by atoms with E-state index in [0.29, 0.717) is 5.92 Å². The molecule has 0 aromatic heterocycles. The second-order valence-corrected chi connectivity index (χ2v) is 1.48. The van der Waals surface area contributed by atoms with Crippen LogP contribution in [0, 0.1) is 12.5 Å².